The van der Waals surface area contributed by atoms with Gasteiger partial charge in [-0.1, -0.05) is 32.1 Å². The first-order valence-electron chi connectivity index (χ1n) is 11.1. The lowest BCUT2D eigenvalue weighted by atomic mass is 9.86. The first kappa shape index (κ1) is 22.0. The molecule has 4 N–H and O–H groups in total. The Bertz CT molecular complexity index is 440. The number of likely N-dealkylation sites (tertiary alicyclic amines) is 1. The Morgan fingerprint density at radius 1 is 1.00 bits per heavy atom. The van der Waals surface area contributed by atoms with Crippen LogP contribution in [-0.4, -0.2) is 56.5 Å². The second-order valence-electron chi connectivity index (χ2n) is 8.30. The second kappa shape index (κ2) is 13.0. The highest BCUT2D eigenvalue weighted by Gasteiger charge is 2.22. The number of carbonyl (C=O) groups is 1. The summed E-state index contributed by atoms with van der Waals surface area (Å²) in [7, 11) is 1.85. The van der Waals surface area contributed by atoms with Gasteiger partial charge in [-0.05, 0) is 64.1 Å². The molecule has 1 saturated heterocycles. The molecule has 1 saturated carbocycles. The Morgan fingerprint density at radius 2 is 1.67 bits per heavy atom. The van der Waals surface area contributed by atoms with Crippen molar-refractivity contribution in [3.63, 3.8) is 0 Å². The molecule has 0 bridgehead atoms. The van der Waals surface area contributed by atoms with Gasteiger partial charge in [0.15, 0.2) is 5.96 Å². The maximum absolute atomic E-state index is 11.2. The highest BCUT2D eigenvalue weighted by atomic mass is 16.1. The lowest BCUT2D eigenvalue weighted by Gasteiger charge is -2.30. The van der Waals surface area contributed by atoms with Gasteiger partial charge in [-0.15, -0.1) is 0 Å². The summed E-state index contributed by atoms with van der Waals surface area (Å²) in [6, 6.07) is 0. The van der Waals surface area contributed by atoms with Gasteiger partial charge >= 0.3 is 0 Å². The van der Waals surface area contributed by atoms with Crippen molar-refractivity contribution in [3.05, 3.63) is 0 Å². The summed E-state index contributed by atoms with van der Waals surface area (Å²) in [5.74, 6) is 1.86. The summed E-state index contributed by atoms with van der Waals surface area (Å²) in [4.78, 5) is 18.0. The summed E-state index contributed by atoms with van der Waals surface area (Å²) in [5, 5.41) is 6.88. The van der Waals surface area contributed by atoms with Crippen LogP contribution >= 0.6 is 0 Å². The summed E-state index contributed by atoms with van der Waals surface area (Å²) in [6.45, 7) is 5.10. The first-order valence-corrected chi connectivity index (χ1v) is 11.1. The molecule has 1 heterocycles. The van der Waals surface area contributed by atoms with Gasteiger partial charge in [-0.25, -0.2) is 0 Å². The maximum Gasteiger partial charge on any atom is 0.220 e. The second-order valence-corrected chi connectivity index (χ2v) is 8.30. The molecular weight excluding hydrogens is 338 g/mol. The van der Waals surface area contributed by atoms with E-state index in [1.165, 1.54) is 51.4 Å². The molecule has 0 aromatic carbocycles. The van der Waals surface area contributed by atoms with E-state index in [0.29, 0.717) is 0 Å². The molecule has 0 spiro atoms. The van der Waals surface area contributed by atoms with Crippen LogP contribution < -0.4 is 16.4 Å². The van der Waals surface area contributed by atoms with Crippen molar-refractivity contribution in [2.24, 2.45) is 22.6 Å². The molecule has 0 radical (unpaired) electrons. The Labute approximate surface area is 165 Å². The van der Waals surface area contributed by atoms with Gasteiger partial charge in [-0.2, -0.15) is 0 Å². The minimum absolute atomic E-state index is 0.0930. The van der Waals surface area contributed by atoms with Crippen molar-refractivity contribution in [1.82, 2.24) is 15.5 Å². The molecular formula is C21H41N5O. The van der Waals surface area contributed by atoms with Gasteiger partial charge in [0.2, 0.25) is 5.91 Å². The average molecular weight is 380 g/mol. The molecule has 1 aliphatic carbocycles. The van der Waals surface area contributed by atoms with E-state index in [-0.39, 0.29) is 11.8 Å². The van der Waals surface area contributed by atoms with Crippen LogP contribution in [0, 0.1) is 11.8 Å². The Morgan fingerprint density at radius 3 is 2.30 bits per heavy atom. The normalized spacial score (nSPS) is 20.6. The summed E-state index contributed by atoms with van der Waals surface area (Å²) in [5.41, 5.74) is 5.39. The van der Waals surface area contributed by atoms with E-state index in [9.17, 15) is 4.79 Å². The Kier molecular flexibility index (Phi) is 10.6. The van der Waals surface area contributed by atoms with Gasteiger partial charge < -0.3 is 21.3 Å². The van der Waals surface area contributed by atoms with Gasteiger partial charge in [0, 0.05) is 26.1 Å². The van der Waals surface area contributed by atoms with Crippen molar-refractivity contribution < 1.29 is 4.79 Å². The van der Waals surface area contributed by atoms with E-state index in [1.807, 2.05) is 7.05 Å². The van der Waals surface area contributed by atoms with Crippen LogP contribution in [0.3, 0.4) is 0 Å². The lowest BCUT2D eigenvalue weighted by molar-refractivity contribution is -0.123. The molecule has 1 amide bonds. The number of nitrogens with zero attached hydrogens (tertiary/aromatic N) is 2. The van der Waals surface area contributed by atoms with Crippen molar-refractivity contribution in [1.29, 1.82) is 0 Å². The maximum atomic E-state index is 11.2. The van der Waals surface area contributed by atoms with Crippen molar-refractivity contribution in [2.75, 3.05) is 39.8 Å². The number of amides is 1. The molecule has 0 atom stereocenters. The third kappa shape index (κ3) is 8.96. The Balaban J connectivity index is 1.44. The van der Waals surface area contributed by atoms with E-state index < -0.39 is 0 Å². The average Bonchev–Trinajstić information content (AvgIpc) is 2.70. The summed E-state index contributed by atoms with van der Waals surface area (Å²) >= 11 is 0. The number of primary amides is 1. The molecule has 2 aliphatic rings. The molecule has 0 aromatic heterocycles. The number of aliphatic imine (C=N–C) groups is 1. The quantitative estimate of drug-likeness (QED) is 0.309. The molecule has 6 heteroatoms. The van der Waals surface area contributed by atoms with Crippen LogP contribution in [0.15, 0.2) is 4.99 Å². The molecule has 156 valence electrons. The van der Waals surface area contributed by atoms with E-state index in [0.717, 1.165) is 63.9 Å². The summed E-state index contributed by atoms with van der Waals surface area (Å²) in [6.07, 6.45) is 13.9. The highest BCUT2D eigenvalue weighted by molar-refractivity contribution is 5.79. The van der Waals surface area contributed by atoms with Crippen molar-refractivity contribution >= 4 is 11.9 Å². The van der Waals surface area contributed by atoms with Crippen LogP contribution in [0.1, 0.15) is 70.6 Å². The fraction of sp³-hybridized carbons (Fsp3) is 0.905. The van der Waals surface area contributed by atoms with E-state index >= 15 is 0 Å². The SMILES string of the molecule is CN=C(NCCCCN1CCC(C(N)=O)CC1)NCCCC1CCCCC1. The monoisotopic (exact) mass is 379 g/mol. The number of carbonyl (C=O) groups excluding carboxylic acids is 1. The minimum atomic E-state index is -0.128. The smallest absolute Gasteiger partial charge is 0.220 e. The third-order valence-electron chi connectivity index (χ3n) is 6.21. The first-order chi connectivity index (χ1) is 13.2. The lowest BCUT2D eigenvalue weighted by Crippen LogP contribution is -2.40. The van der Waals surface area contributed by atoms with Crippen LogP contribution in [0.25, 0.3) is 0 Å². The van der Waals surface area contributed by atoms with E-state index in [1.54, 1.807) is 0 Å². The number of unbranched alkanes of at least 4 members (excludes halogenated alkanes) is 1. The molecule has 6 nitrogen and oxygen atoms in total. The molecule has 1 aliphatic heterocycles. The van der Waals surface area contributed by atoms with Crippen LogP contribution in [0.4, 0.5) is 0 Å². The van der Waals surface area contributed by atoms with E-state index in [2.05, 4.69) is 20.5 Å². The van der Waals surface area contributed by atoms with Gasteiger partial charge in [0.1, 0.15) is 0 Å². The number of nitrogens with two attached hydrogens (primary N) is 1. The zero-order valence-corrected chi connectivity index (χ0v) is 17.3. The number of hydrogen-bond acceptors (Lipinski definition) is 3. The topological polar surface area (TPSA) is 82.8 Å². The third-order valence-corrected chi connectivity index (χ3v) is 6.21. The van der Waals surface area contributed by atoms with Crippen LogP contribution in [0.2, 0.25) is 0 Å². The molecule has 2 fully saturated rings. The predicted octanol–water partition coefficient (Wildman–Crippen LogP) is 2.49. The van der Waals surface area contributed by atoms with Crippen molar-refractivity contribution in [3.8, 4) is 0 Å². The van der Waals surface area contributed by atoms with E-state index in [4.69, 9.17) is 5.73 Å². The van der Waals surface area contributed by atoms with Gasteiger partial charge in [0.25, 0.3) is 0 Å². The number of guanidine groups is 1. The molecule has 2 rings (SSSR count). The molecule has 0 unspecified atom stereocenters. The molecule has 0 aromatic rings. The standard InChI is InChI=1S/C21H41N5O/c1-23-21(25-14-7-10-18-8-3-2-4-9-18)24-13-5-6-15-26-16-11-19(12-17-26)20(22)27/h18-19H,2-17H2,1H3,(H2,22,27)(H2,23,24,25). The fourth-order valence-electron chi connectivity index (χ4n) is 4.40. The highest BCUT2D eigenvalue weighted by Crippen LogP contribution is 2.26. The van der Waals surface area contributed by atoms with Crippen LogP contribution in [0.5, 0.6) is 0 Å². The number of hydrogen-bond donors (Lipinski definition) is 3. The zero-order chi connectivity index (χ0) is 19.3. The van der Waals surface area contributed by atoms with Crippen molar-refractivity contribution in [2.45, 2.75) is 70.6 Å². The summed E-state index contributed by atoms with van der Waals surface area (Å²) < 4.78 is 0. The number of rotatable bonds is 10. The van der Waals surface area contributed by atoms with Gasteiger partial charge in [-0.3, -0.25) is 9.79 Å². The fourth-order valence-corrected chi connectivity index (χ4v) is 4.40. The van der Waals surface area contributed by atoms with Gasteiger partial charge in [0.05, 0.1) is 0 Å². The Hall–Kier alpha value is -1.30. The zero-order valence-electron chi connectivity index (χ0n) is 17.3. The number of nitrogens with one attached hydrogen (secondary N) is 2. The minimum Gasteiger partial charge on any atom is -0.369 e. The number of piperidine rings is 1. The largest absolute Gasteiger partial charge is 0.369 e. The molecule has 27 heavy (non-hydrogen) atoms. The predicted molar refractivity (Wildman–Crippen MR) is 113 cm³/mol. The van der Waals surface area contributed by atoms with Crippen LogP contribution in [-0.2, 0) is 4.79 Å².